The Bertz CT molecular complexity index is 1350. The normalized spacial score (nSPS) is 16.0. The maximum atomic E-state index is 12.7. The molecule has 0 amide bonds. The first-order valence-electron chi connectivity index (χ1n) is 12.0. The number of pyridine rings is 1. The molecule has 180 valence electrons. The molecule has 1 saturated heterocycles. The Labute approximate surface area is 204 Å². The number of aromatic nitrogens is 5. The van der Waals surface area contributed by atoms with E-state index in [2.05, 4.69) is 50.9 Å². The Morgan fingerprint density at radius 1 is 1.03 bits per heavy atom. The van der Waals surface area contributed by atoms with E-state index in [9.17, 15) is 4.79 Å². The van der Waals surface area contributed by atoms with Crippen LogP contribution in [0.3, 0.4) is 0 Å². The smallest absolute Gasteiger partial charge is 0.255 e. The summed E-state index contributed by atoms with van der Waals surface area (Å²) in [5.41, 5.74) is 3.56. The van der Waals surface area contributed by atoms with E-state index in [1.54, 1.807) is 30.1 Å². The van der Waals surface area contributed by atoms with Crippen LogP contribution in [0.2, 0.25) is 0 Å². The summed E-state index contributed by atoms with van der Waals surface area (Å²) >= 11 is 0. The van der Waals surface area contributed by atoms with Crippen molar-refractivity contribution in [1.82, 2.24) is 24.7 Å². The van der Waals surface area contributed by atoms with Crippen LogP contribution in [0.5, 0.6) is 0 Å². The molecule has 1 aliphatic rings. The fourth-order valence-electron chi connectivity index (χ4n) is 4.45. The molecule has 9 nitrogen and oxygen atoms in total. The molecule has 0 spiro atoms. The fourth-order valence-corrected chi connectivity index (χ4v) is 4.45. The Kier molecular flexibility index (Phi) is 6.31. The fraction of sp³-hybridized carbons (Fsp3) is 0.346. The van der Waals surface area contributed by atoms with E-state index < -0.39 is 0 Å². The van der Waals surface area contributed by atoms with Gasteiger partial charge in [0.25, 0.3) is 5.56 Å². The first-order valence-corrected chi connectivity index (χ1v) is 12.0. The third kappa shape index (κ3) is 4.66. The molecule has 0 radical (unpaired) electrons. The lowest BCUT2D eigenvalue weighted by Crippen LogP contribution is -2.53. The first kappa shape index (κ1) is 22.8. The molecule has 0 N–H and O–H groups in total. The van der Waals surface area contributed by atoms with E-state index in [4.69, 9.17) is 9.51 Å². The maximum Gasteiger partial charge on any atom is 0.255 e. The second kappa shape index (κ2) is 9.69. The lowest BCUT2D eigenvalue weighted by molar-refractivity contribution is 0.378. The molecule has 0 bridgehead atoms. The Morgan fingerprint density at radius 2 is 1.80 bits per heavy atom. The van der Waals surface area contributed by atoms with E-state index in [0.717, 1.165) is 49.3 Å². The molecular weight excluding hydrogens is 442 g/mol. The summed E-state index contributed by atoms with van der Waals surface area (Å²) in [6.45, 7) is 6.65. The predicted molar refractivity (Wildman–Crippen MR) is 135 cm³/mol. The molecule has 0 unspecified atom stereocenters. The van der Waals surface area contributed by atoms with Crippen LogP contribution in [0.25, 0.3) is 22.6 Å². The summed E-state index contributed by atoms with van der Waals surface area (Å²) in [5, 5.41) is 4.10. The molecule has 0 aliphatic carbocycles. The quantitative estimate of drug-likeness (QED) is 0.421. The van der Waals surface area contributed by atoms with Gasteiger partial charge in [-0.15, -0.1) is 0 Å². The van der Waals surface area contributed by atoms with E-state index in [1.807, 2.05) is 24.3 Å². The minimum Gasteiger partial charge on any atom is -0.368 e. The number of nitrogens with zero attached hydrogens (tertiary/aromatic N) is 7. The SMILES string of the molecule is CCCc1nc(-c2ccc(N3CCN(c4nc(-c5ccncc5)cc(=O)n4C)[C@H](C)C3)cc2)no1. The van der Waals surface area contributed by atoms with Crippen molar-refractivity contribution in [3.05, 3.63) is 71.1 Å². The van der Waals surface area contributed by atoms with E-state index in [0.29, 0.717) is 23.4 Å². The van der Waals surface area contributed by atoms with E-state index in [-0.39, 0.29) is 11.6 Å². The van der Waals surface area contributed by atoms with Gasteiger partial charge in [0.15, 0.2) is 0 Å². The third-order valence-electron chi connectivity index (χ3n) is 6.39. The molecule has 1 aliphatic heterocycles. The van der Waals surface area contributed by atoms with Crippen molar-refractivity contribution in [2.24, 2.45) is 7.05 Å². The van der Waals surface area contributed by atoms with Gasteiger partial charge in [-0.2, -0.15) is 4.98 Å². The lowest BCUT2D eigenvalue weighted by atomic mass is 10.1. The van der Waals surface area contributed by atoms with Gasteiger partial charge in [-0.05, 0) is 49.7 Å². The molecule has 0 saturated carbocycles. The number of anilines is 2. The van der Waals surface area contributed by atoms with Gasteiger partial charge in [-0.25, -0.2) is 4.98 Å². The van der Waals surface area contributed by atoms with Crippen molar-refractivity contribution in [1.29, 1.82) is 0 Å². The van der Waals surface area contributed by atoms with Gasteiger partial charge >= 0.3 is 0 Å². The summed E-state index contributed by atoms with van der Waals surface area (Å²) in [4.78, 5) is 30.7. The van der Waals surface area contributed by atoms with Crippen LogP contribution in [-0.2, 0) is 13.5 Å². The highest BCUT2D eigenvalue weighted by atomic mass is 16.5. The van der Waals surface area contributed by atoms with Crippen molar-refractivity contribution in [2.45, 2.75) is 32.7 Å². The largest absolute Gasteiger partial charge is 0.368 e. The van der Waals surface area contributed by atoms with Gasteiger partial charge in [0.05, 0.1) is 5.69 Å². The van der Waals surface area contributed by atoms with Gasteiger partial charge in [0, 0.05) is 74.4 Å². The van der Waals surface area contributed by atoms with Crippen LogP contribution in [0.4, 0.5) is 11.6 Å². The van der Waals surface area contributed by atoms with Crippen LogP contribution < -0.4 is 15.4 Å². The summed E-state index contributed by atoms with van der Waals surface area (Å²) in [6, 6.07) is 13.8. The summed E-state index contributed by atoms with van der Waals surface area (Å²) in [6.07, 6.45) is 5.19. The van der Waals surface area contributed by atoms with Crippen LogP contribution in [0.15, 0.2) is 64.2 Å². The zero-order valence-electron chi connectivity index (χ0n) is 20.3. The molecular formula is C26H29N7O2. The maximum absolute atomic E-state index is 12.7. The van der Waals surface area contributed by atoms with Gasteiger partial charge < -0.3 is 14.3 Å². The monoisotopic (exact) mass is 471 g/mol. The van der Waals surface area contributed by atoms with Gasteiger partial charge in [-0.3, -0.25) is 14.3 Å². The zero-order valence-corrected chi connectivity index (χ0v) is 20.3. The molecule has 4 heterocycles. The standard InChI is InChI=1S/C26H29N7O2/c1-4-5-23-29-25(30-35-23)20-6-8-21(9-7-20)32-14-15-33(18(2)17-32)26-28-22(16-24(34)31(26)3)19-10-12-27-13-11-19/h6-13,16,18H,4-5,14-15,17H2,1-3H3/t18-/m1/s1. The van der Waals surface area contributed by atoms with Crippen molar-refractivity contribution >= 4 is 11.6 Å². The van der Waals surface area contributed by atoms with Gasteiger partial charge in [0.2, 0.25) is 17.7 Å². The third-order valence-corrected chi connectivity index (χ3v) is 6.39. The molecule has 9 heteroatoms. The second-order valence-corrected chi connectivity index (χ2v) is 8.87. The summed E-state index contributed by atoms with van der Waals surface area (Å²) in [5.74, 6) is 1.98. The highest BCUT2D eigenvalue weighted by Gasteiger charge is 2.27. The number of hydrogen-bond donors (Lipinski definition) is 0. The average Bonchev–Trinajstić information content (AvgIpc) is 3.35. The first-order chi connectivity index (χ1) is 17.0. The topological polar surface area (TPSA) is 93.2 Å². The minimum absolute atomic E-state index is 0.0735. The Hall–Kier alpha value is -4.01. The lowest BCUT2D eigenvalue weighted by Gasteiger charge is -2.42. The number of hydrogen-bond acceptors (Lipinski definition) is 8. The van der Waals surface area contributed by atoms with Gasteiger partial charge in [0.1, 0.15) is 0 Å². The zero-order chi connectivity index (χ0) is 24.4. The van der Waals surface area contributed by atoms with E-state index >= 15 is 0 Å². The van der Waals surface area contributed by atoms with Crippen LogP contribution >= 0.6 is 0 Å². The summed E-state index contributed by atoms with van der Waals surface area (Å²) in [7, 11) is 1.78. The minimum atomic E-state index is -0.0735. The molecule has 1 aromatic carbocycles. The molecule has 3 aromatic heterocycles. The number of piperazine rings is 1. The second-order valence-electron chi connectivity index (χ2n) is 8.87. The molecule has 1 fully saturated rings. The molecule has 5 rings (SSSR count). The predicted octanol–water partition coefficient (Wildman–Crippen LogP) is 3.56. The molecule has 4 aromatic rings. The number of aryl methyl sites for hydroxylation is 1. The van der Waals surface area contributed by atoms with Crippen molar-refractivity contribution in [3.63, 3.8) is 0 Å². The van der Waals surface area contributed by atoms with Crippen molar-refractivity contribution in [3.8, 4) is 22.6 Å². The van der Waals surface area contributed by atoms with Crippen molar-refractivity contribution in [2.75, 3.05) is 29.4 Å². The van der Waals surface area contributed by atoms with Crippen LogP contribution in [-0.4, -0.2) is 50.4 Å². The number of rotatable bonds is 6. The highest BCUT2D eigenvalue weighted by Crippen LogP contribution is 2.26. The molecule has 1 atom stereocenters. The van der Waals surface area contributed by atoms with E-state index in [1.165, 1.54) is 0 Å². The van der Waals surface area contributed by atoms with Gasteiger partial charge in [-0.1, -0.05) is 12.1 Å². The number of benzene rings is 1. The highest BCUT2D eigenvalue weighted by molar-refractivity contribution is 5.62. The average molecular weight is 472 g/mol. The summed E-state index contributed by atoms with van der Waals surface area (Å²) < 4.78 is 6.95. The van der Waals surface area contributed by atoms with Crippen LogP contribution in [0.1, 0.15) is 26.2 Å². The molecule has 35 heavy (non-hydrogen) atoms. The Balaban J connectivity index is 1.32. The van der Waals surface area contributed by atoms with Crippen LogP contribution in [0, 0.1) is 0 Å². The Morgan fingerprint density at radius 3 is 2.51 bits per heavy atom. The van der Waals surface area contributed by atoms with Crippen molar-refractivity contribution < 1.29 is 4.52 Å².